The van der Waals surface area contributed by atoms with Crippen molar-refractivity contribution in [1.29, 1.82) is 0 Å². The first-order valence-electron chi connectivity index (χ1n) is 13.0. The Kier molecular flexibility index (Phi) is 6.90. The van der Waals surface area contributed by atoms with Crippen molar-refractivity contribution in [2.75, 3.05) is 45.2 Å². The monoisotopic (exact) mass is 513 g/mol. The molecule has 188 valence electrons. The first kappa shape index (κ1) is 24.7. The van der Waals surface area contributed by atoms with E-state index in [4.69, 9.17) is 4.98 Å². The van der Waals surface area contributed by atoms with Crippen molar-refractivity contribution in [3.05, 3.63) is 40.7 Å². The van der Waals surface area contributed by atoms with Gasteiger partial charge in [0, 0.05) is 44.0 Å². The molecule has 0 spiro atoms. The maximum atomic E-state index is 13.1. The maximum absolute atomic E-state index is 13.1. The van der Waals surface area contributed by atoms with Crippen LogP contribution in [0.2, 0.25) is 0 Å². The van der Waals surface area contributed by atoms with Crippen molar-refractivity contribution < 1.29 is 8.42 Å². The van der Waals surface area contributed by atoms with Crippen molar-refractivity contribution in [2.45, 2.75) is 57.6 Å². The standard InChI is InChI=1S/C27H37N4O2S2/c1-5-19-15-21(29(3)4)17-24-26(19)28-27-20(6-2)16-22(18-25(27)34-24)30-11-13-31(14-12-30)35(32,33)23-9-7-8-10-23/h15-18,23H,5-14H2,1-4H3/q+1. The van der Waals surface area contributed by atoms with E-state index in [0.29, 0.717) is 13.1 Å². The van der Waals surface area contributed by atoms with E-state index >= 15 is 0 Å². The number of aromatic nitrogens is 1. The van der Waals surface area contributed by atoms with E-state index < -0.39 is 10.0 Å². The zero-order valence-electron chi connectivity index (χ0n) is 21.4. The summed E-state index contributed by atoms with van der Waals surface area (Å²) in [6, 6.07) is 9.04. The second kappa shape index (κ2) is 9.79. The molecule has 0 N–H and O–H groups in total. The van der Waals surface area contributed by atoms with Gasteiger partial charge in [0.05, 0.1) is 26.0 Å². The molecule has 1 saturated heterocycles. The molecule has 2 aliphatic heterocycles. The summed E-state index contributed by atoms with van der Waals surface area (Å²) in [6.07, 6.45) is 5.61. The molecular weight excluding hydrogens is 476 g/mol. The van der Waals surface area contributed by atoms with Crippen LogP contribution in [-0.4, -0.2) is 63.2 Å². The molecule has 1 aromatic carbocycles. The summed E-state index contributed by atoms with van der Waals surface area (Å²) in [5.41, 5.74) is 5.95. The molecule has 35 heavy (non-hydrogen) atoms. The number of benzene rings is 2. The Balaban J connectivity index is 1.49. The summed E-state index contributed by atoms with van der Waals surface area (Å²) in [7, 11) is 1.00. The average Bonchev–Trinajstić information content (AvgIpc) is 3.42. The van der Waals surface area contributed by atoms with Gasteiger partial charge in [0.15, 0.2) is 0 Å². The van der Waals surface area contributed by atoms with E-state index in [-0.39, 0.29) is 5.25 Å². The molecule has 0 radical (unpaired) electrons. The highest BCUT2D eigenvalue weighted by molar-refractivity contribution is 7.89. The lowest BCUT2D eigenvalue weighted by Gasteiger charge is -2.36. The number of anilines is 1. The minimum Gasteiger partial charge on any atom is -0.369 e. The Bertz CT molecular complexity index is 1380. The normalized spacial score (nSPS) is 18.1. The van der Waals surface area contributed by atoms with Gasteiger partial charge in [0.2, 0.25) is 15.4 Å². The lowest BCUT2D eigenvalue weighted by Crippen LogP contribution is -2.50. The van der Waals surface area contributed by atoms with E-state index in [1.165, 1.54) is 31.7 Å². The predicted octanol–water partition coefficient (Wildman–Crippen LogP) is 3.95. The molecule has 6 nitrogen and oxygen atoms in total. The van der Waals surface area contributed by atoms with Crippen molar-refractivity contribution in [2.24, 2.45) is 0 Å². The van der Waals surface area contributed by atoms with E-state index in [2.05, 4.69) is 61.7 Å². The van der Waals surface area contributed by atoms with Gasteiger partial charge in [0.25, 0.3) is 0 Å². The molecule has 0 amide bonds. The fraction of sp³-hybridized carbons (Fsp3) is 0.556. The van der Waals surface area contributed by atoms with Crippen LogP contribution < -0.4 is 14.8 Å². The molecule has 4 aliphatic rings. The Morgan fingerprint density at radius 3 is 2.29 bits per heavy atom. The Hall–Kier alpha value is -2.03. The number of rotatable bonds is 5. The third-order valence-corrected chi connectivity index (χ3v) is 11.1. The van der Waals surface area contributed by atoms with Gasteiger partial charge in [-0.1, -0.05) is 26.7 Å². The lowest BCUT2D eigenvalue weighted by atomic mass is 10.1. The fourth-order valence-corrected chi connectivity index (χ4v) is 8.68. The third kappa shape index (κ3) is 4.60. The summed E-state index contributed by atoms with van der Waals surface area (Å²) in [5, 5.41) is 1.04. The number of aryl methyl sites for hydroxylation is 2. The molecule has 2 aliphatic carbocycles. The molecule has 0 atom stereocenters. The zero-order chi connectivity index (χ0) is 24.7. The molecular formula is C27H37N4O2S2+. The summed E-state index contributed by atoms with van der Waals surface area (Å²) in [6.45, 7) is 7.00. The molecule has 2 fully saturated rings. The Morgan fingerprint density at radius 2 is 1.66 bits per heavy atom. The van der Waals surface area contributed by atoms with Crippen molar-refractivity contribution >= 4 is 37.3 Å². The van der Waals surface area contributed by atoms with Crippen LogP contribution in [0.5, 0.6) is 0 Å². The predicted molar refractivity (Wildman–Crippen MR) is 147 cm³/mol. The van der Waals surface area contributed by atoms with Crippen molar-refractivity contribution in [1.82, 2.24) is 13.9 Å². The second-order valence-corrected chi connectivity index (χ2v) is 13.4. The Morgan fingerprint density at radius 1 is 0.971 bits per heavy atom. The lowest BCUT2D eigenvalue weighted by molar-refractivity contribution is 0.378. The largest absolute Gasteiger partial charge is 0.369 e. The summed E-state index contributed by atoms with van der Waals surface area (Å²) in [4.78, 5) is 8.75. The third-order valence-electron chi connectivity index (χ3n) is 7.69. The van der Waals surface area contributed by atoms with Crippen LogP contribution in [0.15, 0.2) is 24.3 Å². The van der Waals surface area contributed by atoms with E-state index in [1.807, 2.05) is 11.3 Å². The van der Waals surface area contributed by atoms with Crippen molar-refractivity contribution in [3.8, 4) is 10.6 Å². The van der Waals surface area contributed by atoms with Gasteiger partial charge in [-0.25, -0.2) is 18.0 Å². The number of nitrogens with zero attached hydrogens (tertiary/aromatic N) is 4. The van der Waals surface area contributed by atoms with Crippen LogP contribution in [0.25, 0.3) is 20.8 Å². The average molecular weight is 514 g/mol. The summed E-state index contributed by atoms with van der Waals surface area (Å²) < 4.78 is 31.2. The number of fused-ring (bicyclic) bond motifs is 2. The van der Waals surface area contributed by atoms with Crippen LogP contribution in [0.4, 0.5) is 5.69 Å². The second-order valence-electron chi connectivity index (χ2n) is 10.1. The molecule has 0 aromatic heterocycles. The minimum absolute atomic E-state index is 0.164. The van der Waals surface area contributed by atoms with Crippen LogP contribution in [0.1, 0.15) is 50.7 Å². The van der Waals surface area contributed by atoms with Crippen LogP contribution >= 0.6 is 11.3 Å². The Labute approximate surface area is 213 Å². The maximum Gasteiger partial charge on any atom is 0.217 e. The molecule has 2 heterocycles. The van der Waals surface area contributed by atoms with Crippen LogP contribution in [0.3, 0.4) is 0 Å². The van der Waals surface area contributed by atoms with Gasteiger partial charge in [-0.2, -0.15) is 4.31 Å². The summed E-state index contributed by atoms with van der Waals surface area (Å²) >= 11 is 1.82. The number of hydrogen-bond donors (Lipinski definition) is 0. The highest BCUT2D eigenvalue weighted by Gasteiger charge is 2.35. The smallest absolute Gasteiger partial charge is 0.217 e. The number of hydrogen-bond acceptors (Lipinski definition) is 5. The number of piperazine rings is 1. The topological polar surface area (TPSA) is 56.5 Å². The SMILES string of the molecule is CCc1cc(=[N+](C)C)cc2sc3cc(N4CCN(S(=O)(=O)C5CCCC5)CC4)cc(CC)c3nc1-2. The first-order chi connectivity index (χ1) is 16.8. The van der Waals surface area contributed by atoms with Gasteiger partial charge in [0.1, 0.15) is 14.1 Å². The quantitative estimate of drug-likeness (QED) is 0.383. The van der Waals surface area contributed by atoms with Crippen LogP contribution in [-0.2, 0) is 22.9 Å². The van der Waals surface area contributed by atoms with Gasteiger partial charge in [-0.05, 0) is 48.9 Å². The van der Waals surface area contributed by atoms with E-state index in [0.717, 1.165) is 62.8 Å². The molecule has 1 aromatic rings. The van der Waals surface area contributed by atoms with Crippen LogP contribution in [0, 0.1) is 0 Å². The summed E-state index contributed by atoms with van der Waals surface area (Å²) in [5.74, 6) is 0. The van der Waals surface area contributed by atoms with Gasteiger partial charge >= 0.3 is 0 Å². The molecule has 0 unspecified atom stereocenters. The minimum atomic E-state index is -3.16. The molecule has 1 saturated carbocycles. The molecule has 0 bridgehead atoms. The molecule has 5 rings (SSSR count). The van der Waals surface area contributed by atoms with Gasteiger partial charge < -0.3 is 4.90 Å². The van der Waals surface area contributed by atoms with Crippen molar-refractivity contribution in [3.63, 3.8) is 0 Å². The zero-order valence-corrected chi connectivity index (χ0v) is 23.0. The fourth-order valence-electron chi connectivity index (χ4n) is 5.52. The van der Waals surface area contributed by atoms with Gasteiger partial charge in [-0.15, -0.1) is 11.3 Å². The number of sulfonamides is 1. The first-order valence-corrected chi connectivity index (χ1v) is 15.3. The van der Waals surface area contributed by atoms with E-state index in [1.54, 1.807) is 4.31 Å². The van der Waals surface area contributed by atoms with E-state index in [9.17, 15) is 8.42 Å². The highest BCUT2D eigenvalue weighted by atomic mass is 32.2. The highest BCUT2D eigenvalue weighted by Crippen LogP contribution is 2.36. The molecule has 8 heteroatoms. The van der Waals surface area contributed by atoms with Gasteiger partial charge in [-0.3, -0.25) is 0 Å².